The second-order valence-corrected chi connectivity index (χ2v) is 8.82. The number of para-hydroxylation sites is 1. The van der Waals surface area contributed by atoms with E-state index in [0.29, 0.717) is 24.1 Å². The van der Waals surface area contributed by atoms with Gasteiger partial charge in [-0.15, -0.1) is 0 Å². The van der Waals surface area contributed by atoms with Crippen molar-refractivity contribution >= 4 is 34.2 Å². The summed E-state index contributed by atoms with van der Waals surface area (Å²) >= 11 is 0. The first-order valence-electron chi connectivity index (χ1n) is 11.8. The molecule has 4 aromatic rings. The average molecular weight is 463 g/mol. The van der Waals surface area contributed by atoms with Crippen LogP contribution in [0.2, 0.25) is 0 Å². The van der Waals surface area contributed by atoms with Crippen LogP contribution in [-0.2, 0) is 11.2 Å². The molecule has 0 saturated heterocycles. The highest BCUT2D eigenvalue weighted by atomic mass is 16.2. The van der Waals surface area contributed by atoms with Gasteiger partial charge in [-0.05, 0) is 48.1 Å². The van der Waals surface area contributed by atoms with E-state index in [1.165, 1.54) is 4.90 Å². The summed E-state index contributed by atoms with van der Waals surface area (Å²) in [6, 6.07) is 28.5. The molecule has 3 amide bonds. The third-order valence-electron chi connectivity index (χ3n) is 6.52. The maximum absolute atomic E-state index is 13.3. The van der Waals surface area contributed by atoms with Gasteiger partial charge in [0.25, 0.3) is 11.8 Å². The normalized spacial score (nSPS) is 12.8. The molecule has 0 bridgehead atoms. The molecular formula is C30H26N2O3. The summed E-state index contributed by atoms with van der Waals surface area (Å²) in [6.45, 7) is 2.62. The first-order chi connectivity index (χ1) is 17.0. The van der Waals surface area contributed by atoms with Gasteiger partial charge in [-0.25, -0.2) is 0 Å². The molecule has 0 N–H and O–H groups in total. The summed E-state index contributed by atoms with van der Waals surface area (Å²) in [7, 11) is 0. The van der Waals surface area contributed by atoms with Crippen LogP contribution in [0.1, 0.15) is 38.3 Å². The minimum absolute atomic E-state index is 0.0167. The van der Waals surface area contributed by atoms with Crippen LogP contribution in [-0.4, -0.2) is 35.7 Å². The van der Waals surface area contributed by atoms with Crippen LogP contribution in [0.25, 0.3) is 10.8 Å². The Hall–Kier alpha value is -4.25. The standard InChI is InChI=1S/C30H26N2O3/c1-21-10-5-6-17-26(21)31(27(33)20-22-11-3-2-4-12-22)18-9-19-32-29(34)24-15-7-13-23-14-8-16-25(28(23)24)30(32)35/h2-8,10-17H,9,18-20H2,1H3. The van der Waals surface area contributed by atoms with Crippen LogP contribution in [0, 0.1) is 6.92 Å². The molecule has 5 rings (SSSR count). The Morgan fingerprint density at radius 3 is 2.06 bits per heavy atom. The zero-order valence-electron chi connectivity index (χ0n) is 19.6. The van der Waals surface area contributed by atoms with E-state index in [4.69, 9.17) is 0 Å². The number of anilines is 1. The molecule has 0 saturated carbocycles. The number of imide groups is 1. The van der Waals surface area contributed by atoms with E-state index in [9.17, 15) is 14.4 Å². The number of aryl methyl sites for hydroxylation is 1. The zero-order chi connectivity index (χ0) is 24.4. The van der Waals surface area contributed by atoms with Gasteiger partial charge >= 0.3 is 0 Å². The van der Waals surface area contributed by atoms with Gasteiger partial charge in [0.1, 0.15) is 0 Å². The Morgan fingerprint density at radius 2 is 1.40 bits per heavy atom. The molecule has 0 fully saturated rings. The van der Waals surface area contributed by atoms with Crippen molar-refractivity contribution in [3.63, 3.8) is 0 Å². The van der Waals surface area contributed by atoms with Crippen molar-refractivity contribution in [3.8, 4) is 0 Å². The Balaban J connectivity index is 1.36. The van der Waals surface area contributed by atoms with Gasteiger partial charge in [0.15, 0.2) is 0 Å². The molecule has 0 aromatic heterocycles. The van der Waals surface area contributed by atoms with Crippen molar-refractivity contribution in [1.29, 1.82) is 0 Å². The van der Waals surface area contributed by atoms with E-state index in [1.807, 2.05) is 85.8 Å². The van der Waals surface area contributed by atoms with Gasteiger partial charge in [-0.2, -0.15) is 0 Å². The number of rotatable bonds is 7. The first-order valence-corrected chi connectivity index (χ1v) is 11.8. The fourth-order valence-corrected chi connectivity index (χ4v) is 4.78. The van der Waals surface area contributed by atoms with E-state index in [-0.39, 0.29) is 30.7 Å². The molecule has 4 aromatic carbocycles. The molecule has 1 heterocycles. The van der Waals surface area contributed by atoms with Crippen molar-refractivity contribution in [2.45, 2.75) is 19.8 Å². The van der Waals surface area contributed by atoms with Crippen molar-refractivity contribution < 1.29 is 14.4 Å². The number of carbonyl (C=O) groups is 3. The molecular weight excluding hydrogens is 436 g/mol. The SMILES string of the molecule is Cc1ccccc1N(CCCN1C(=O)c2cccc3cccc(c23)C1=O)C(=O)Cc1ccccc1. The molecule has 0 unspecified atom stereocenters. The fraction of sp³-hybridized carbons (Fsp3) is 0.167. The van der Waals surface area contributed by atoms with Gasteiger partial charge in [0.2, 0.25) is 5.91 Å². The lowest BCUT2D eigenvalue weighted by Crippen LogP contribution is -2.42. The van der Waals surface area contributed by atoms with Crippen LogP contribution in [0.15, 0.2) is 91.0 Å². The number of carbonyl (C=O) groups excluding carboxylic acids is 3. The molecule has 1 aliphatic rings. The van der Waals surface area contributed by atoms with Gasteiger partial charge in [-0.3, -0.25) is 19.3 Å². The van der Waals surface area contributed by atoms with Crippen LogP contribution in [0.3, 0.4) is 0 Å². The topological polar surface area (TPSA) is 57.7 Å². The van der Waals surface area contributed by atoms with Gasteiger partial charge in [0.05, 0.1) is 6.42 Å². The Kier molecular flexibility index (Phi) is 6.15. The zero-order valence-corrected chi connectivity index (χ0v) is 19.6. The van der Waals surface area contributed by atoms with Crippen LogP contribution >= 0.6 is 0 Å². The maximum atomic E-state index is 13.3. The van der Waals surface area contributed by atoms with Gasteiger partial charge in [-0.1, -0.05) is 72.8 Å². The molecule has 0 radical (unpaired) electrons. The lowest BCUT2D eigenvalue weighted by molar-refractivity contribution is -0.118. The van der Waals surface area contributed by atoms with Crippen molar-refractivity contribution in [2.24, 2.45) is 0 Å². The fourth-order valence-electron chi connectivity index (χ4n) is 4.78. The molecule has 5 nitrogen and oxygen atoms in total. The Morgan fingerprint density at radius 1 is 0.771 bits per heavy atom. The second kappa shape index (κ2) is 9.55. The summed E-state index contributed by atoms with van der Waals surface area (Å²) in [5.41, 5.74) is 3.89. The third kappa shape index (κ3) is 4.33. The molecule has 0 atom stereocenters. The number of benzene rings is 4. The van der Waals surface area contributed by atoms with Gasteiger partial charge in [0, 0.05) is 35.3 Å². The summed E-state index contributed by atoms with van der Waals surface area (Å²) in [5, 5.41) is 1.61. The number of hydrogen-bond donors (Lipinski definition) is 0. The lowest BCUT2D eigenvalue weighted by atomic mass is 9.94. The predicted octanol–water partition coefficient (Wildman–Crippen LogP) is 5.41. The van der Waals surface area contributed by atoms with Crippen molar-refractivity contribution in [3.05, 3.63) is 113 Å². The lowest BCUT2D eigenvalue weighted by Gasteiger charge is -2.29. The molecule has 5 heteroatoms. The predicted molar refractivity (Wildman–Crippen MR) is 138 cm³/mol. The van der Waals surface area contributed by atoms with E-state index in [0.717, 1.165) is 27.6 Å². The average Bonchev–Trinajstić information content (AvgIpc) is 2.88. The first kappa shape index (κ1) is 22.5. The molecule has 1 aliphatic heterocycles. The molecule has 174 valence electrons. The van der Waals surface area contributed by atoms with Crippen molar-refractivity contribution in [1.82, 2.24) is 4.90 Å². The number of nitrogens with zero attached hydrogens (tertiary/aromatic N) is 2. The van der Waals surface area contributed by atoms with Crippen molar-refractivity contribution in [2.75, 3.05) is 18.0 Å². The van der Waals surface area contributed by atoms with Crippen LogP contribution in [0.4, 0.5) is 5.69 Å². The second-order valence-electron chi connectivity index (χ2n) is 8.82. The summed E-state index contributed by atoms with van der Waals surface area (Å²) < 4.78 is 0. The number of amides is 3. The monoisotopic (exact) mass is 462 g/mol. The van der Waals surface area contributed by atoms with E-state index >= 15 is 0 Å². The molecule has 0 spiro atoms. The molecule has 0 aliphatic carbocycles. The molecule has 35 heavy (non-hydrogen) atoms. The van der Waals surface area contributed by atoms with Crippen LogP contribution in [0.5, 0.6) is 0 Å². The van der Waals surface area contributed by atoms with E-state index < -0.39 is 0 Å². The summed E-state index contributed by atoms with van der Waals surface area (Å²) in [5.74, 6) is -0.577. The smallest absolute Gasteiger partial charge is 0.261 e. The van der Waals surface area contributed by atoms with E-state index in [2.05, 4.69) is 0 Å². The highest BCUT2D eigenvalue weighted by molar-refractivity contribution is 6.25. The van der Waals surface area contributed by atoms with E-state index in [1.54, 1.807) is 17.0 Å². The highest BCUT2D eigenvalue weighted by Gasteiger charge is 2.32. The Bertz CT molecular complexity index is 1380. The Labute approximate surface area is 204 Å². The highest BCUT2D eigenvalue weighted by Crippen LogP contribution is 2.30. The quantitative estimate of drug-likeness (QED) is 0.345. The van der Waals surface area contributed by atoms with Crippen LogP contribution < -0.4 is 4.90 Å². The minimum atomic E-state index is -0.280. The maximum Gasteiger partial charge on any atom is 0.261 e. The summed E-state index contributed by atoms with van der Waals surface area (Å²) in [6.07, 6.45) is 0.761. The third-order valence-corrected chi connectivity index (χ3v) is 6.52. The largest absolute Gasteiger partial charge is 0.312 e. The minimum Gasteiger partial charge on any atom is -0.312 e. The summed E-state index contributed by atoms with van der Waals surface area (Å²) in [4.78, 5) is 42.9. The van der Waals surface area contributed by atoms with Gasteiger partial charge < -0.3 is 4.90 Å². The number of hydrogen-bond acceptors (Lipinski definition) is 3.